The van der Waals surface area contributed by atoms with Gasteiger partial charge in [0.1, 0.15) is 0 Å². The van der Waals surface area contributed by atoms with Crippen LogP contribution < -0.4 is 0 Å². The van der Waals surface area contributed by atoms with Crippen molar-refractivity contribution in [3.05, 3.63) is 47.6 Å². The number of likely N-dealkylation sites (tertiary alicyclic amines) is 1. The van der Waals surface area contributed by atoms with E-state index in [2.05, 4.69) is 37.8 Å². The van der Waals surface area contributed by atoms with Crippen LogP contribution in [0.15, 0.2) is 47.6 Å². The highest BCUT2D eigenvalue weighted by Gasteiger charge is 2.43. The Hall–Kier alpha value is -1.22. The second-order valence-corrected chi connectivity index (χ2v) is 6.27. The van der Waals surface area contributed by atoms with Crippen LogP contribution in [-0.2, 0) is 0 Å². The highest BCUT2D eigenvalue weighted by molar-refractivity contribution is 5.35. The lowest BCUT2D eigenvalue weighted by molar-refractivity contribution is -0.130. The van der Waals surface area contributed by atoms with E-state index in [1.54, 1.807) is 0 Å². The van der Waals surface area contributed by atoms with Crippen molar-refractivity contribution in [3.63, 3.8) is 0 Å². The summed E-state index contributed by atoms with van der Waals surface area (Å²) in [5, 5.41) is 0. The van der Waals surface area contributed by atoms with E-state index in [-0.39, 0.29) is 13.1 Å². The summed E-state index contributed by atoms with van der Waals surface area (Å²) in [6.45, 7) is 8.89. The molecule has 1 saturated heterocycles. The van der Waals surface area contributed by atoms with E-state index in [0.29, 0.717) is 5.92 Å². The highest BCUT2D eigenvalue weighted by Crippen LogP contribution is 2.27. The second-order valence-electron chi connectivity index (χ2n) is 6.27. The molecule has 0 bridgehead atoms. The fourth-order valence-electron chi connectivity index (χ4n) is 2.98. The Labute approximate surface area is 126 Å². The minimum atomic E-state index is -2.45. The molecule has 1 aliphatic carbocycles. The van der Waals surface area contributed by atoms with Gasteiger partial charge in [-0.1, -0.05) is 49.0 Å². The molecule has 21 heavy (non-hydrogen) atoms. The monoisotopic (exact) mass is 293 g/mol. The zero-order valence-electron chi connectivity index (χ0n) is 13.0. The molecule has 0 aromatic heterocycles. The Kier molecular flexibility index (Phi) is 5.15. The predicted octanol–water partition coefficient (Wildman–Crippen LogP) is 4.74. The van der Waals surface area contributed by atoms with Gasteiger partial charge in [-0.2, -0.15) is 0 Å². The maximum Gasteiger partial charge on any atom is 0.272 e. The molecule has 0 saturated carbocycles. The Morgan fingerprint density at radius 2 is 2.10 bits per heavy atom. The number of alkyl halides is 2. The van der Waals surface area contributed by atoms with Gasteiger partial charge in [0.15, 0.2) is 0 Å². The average Bonchev–Trinajstić information content (AvgIpc) is 2.34. The van der Waals surface area contributed by atoms with Crippen molar-refractivity contribution in [1.82, 2.24) is 4.90 Å². The Morgan fingerprint density at radius 3 is 2.71 bits per heavy atom. The molecule has 2 aliphatic rings. The van der Waals surface area contributed by atoms with Crippen molar-refractivity contribution in [1.29, 1.82) is 0 Å². The fourth-order valence-corrected chi connectivity index (χ4v) is 2.98. The van der Waals surface area contributed by atoms with E-state index >= 15 is 0 Å². The Balaban J connectivity index is 1.81. The molecule has 0 aromatic carbocycles. The van der Waals surface area contributed by atoms with Gasteiger partial charge in [0.2, 0.25) is 0 Å². The van der Waals surface area contributed by atoms with Gasteiger partial charge in [-0.15, -0.1) is 0 Å². The third-order valence-corrected chi connectivity index (χ3v) is 4.15. The first-order chi connectivity index (χ1) is 9.87. The molecule has 0 radical (unpaired) electrons. The third-order valence-electron chi connectivity index (χ3n) is 4.15. The predicted molar refractivity (Wildman–Crippen MR) is 84.5 cm³/mol. The molecule has 1 aliphatic heterocycles. The van der Waals surface area contributed by atoms with Crippen molar-refractivity contribution in [2.45, 2.75) is 39.0 Å². The number of hydrogen-bond donors (Lipinski definition) is 0. The molecule has 1 nitrogen and oxygen atoms in total. The standard InChI is InChI=1S/C18H25F2N/c1-14(2)17-8-4-6-16(10-9-15(17)3)7-5-11-21-12-18(19,20)13-21/h6,8-10,15H,1,4-5,7,11-13H2,2-3H3/b10-9-,16-6-,17-8-. The van der Waals surface area contributed by atoms with E-state index in [9.17, 15) is 8.78 Å². The van der Waals surface area contributed by atoms with Crippen molar-refractivity contribution < 1.29 is 8.78 Å². The number of halogens is 2. The summed E-state index contributed by atoms with van der Waals surface area (Å²) in [5.41, 5.74) is 3.75. The van der Waals surface area contributed by atoms with E-state index in [1.165, 1.54) is 11.1 Å². The lowest BCUT2D eigenvalue weighted by atomic mass is 9.91. The summed E-state index contributed by atoms with van der Waals surface area (Å²) in [5.74, 6) is -2.06. The van der Waals surface area contributed by atoms with Gasteiger partial charge in [0, 0.05) is 0 Å². The van der Waals surface area contributed by atoms with Gasteiger partial charge in [-0.3, -0.25) is 4.90 Å². The Morgan fingerprint density at radius 1 is 1.38 bits per heavy atom. The first-order valence-corrected chi connectivity index (χ1v) is 7.71. The van der Waals surface area contributed by atoms with Crippen LogP contribution in [0.1, 0.15) is 33.1 Å². The van der Waals surface area contributed by atoms with Crippen molar-refractivity contribution in [2.24, 2.45) is 5.92 Å². The van der Waals surface area contributed by atoms with Gasteiger partial charge in [-0.25, -0.2) is 8.78 Å². The molecule has 0 aromatic rings. The van der Waals surface area contributed by atoms with Crippen LogP contribution in [0.4, 0.5) is 8.78 Å². The van der Waals surface area contributed by atoms with Crippen LogP contribution in [0.25, 0.3) is 0 Å². The third kappa shape index (κ3) is 4.63. The molecule has 1 fully saturated rings. The largest absolute Gasteiger partial charge is 0.291 e. The molecule has 1 unspecified atom stereocenters. The zero-order valence-corrected chi connectivity index (χ0v) is 13.0. The number of allylic oxidation sites excluding steroid dienone is 7. The smallest absolute Gasteiger partial charge is 0.272 e. The topological polar surface area (TPSA) is 3.24 Å². The van der Waals surface area contributed by atoms with Crippen LogP contribution in [0, 0.1) is 5.92 Å². The summed E-state index contributed by atoms with van der Waals surface area (Å²) in [7, 11) is 0. The molecule has 0 spiro atoms. The van der Waals surface area contributed by atoms with Gasteiger partial charge in [-0.05, 0) is 44.2 Å². The van der Waals surface area contributed by atoms with Gasteiger partial charge in [0.05, 0.1) is 13.1 Å². The van der Waals surface area contributed by atoms with Crippen molar-refractivity contribution >= 4 is 0 Å². The molecular weight excluding hydrogens is 268 g/mol. The van der Waals surface area contributed by atoms with Crippen LogP contribution in [0.3, 0.4) is 0 Å². The average molecular weight is 293 g/mol. The van der Waals surface area contributed by atoms with Crippen LogP contribution in [0.2, 0.25) is 0 Å². The van der Waals surface area contributed by atoms with Crippen LogP contribution in [-0.4, -0.2) is 30.5 Å². The minimum Gasteiger partial charge on any atom is -0.291 e. The van der Waals surface area contributed by atoms with E-state index < -0.39 is 5.92 Å². The maximum absolute atomic E-state index is 12.7. The molecule has 2 rings (SSSR count). The normalized spacial score (nSPS) is 31.9. The molecular formula is C18H25F2N. The Bertz CT molecular complexity index is 477. The van der Waals surface area contributed by atoms with Crippen molar-refractivity contribution in [3.8, 4) is 0 Å². The van der Waals surface area contributed by atoms with Crippen molar-refractivity contribution in [2.75, 3.05) is 19.6 Å². The summed E-state index contributed by atoms with van der Waals surface area (Å²) < 4.78 is 25.5. The van der Waals surface area contributed by atoms with E-state index in [4.69, 9.17) is 0 Å². The van der Waals surface area contributed by atoms with E-state index in [0.717, 1.165) is 31.4 Å². The quantitative estimate of drug-likeness (QED) is 0.707. The summed E-state index contributed by atoms with van der Waals surface area (Å²) >= 11 is 0. The molecule has 0 N–H and O–H groups in total. The first kappa shape index (κ1) is 16.2. The number of hydrogen-bond acceptors (Lipinski definition) is 1. The number of nitrogens with zero attached hydrogens (tertiary/aromatic N) is 1. The summed E-state index contributed by atoms with van der Waals surface area (Å²) in [6, 6.07) is 0. The molecule has 1 heterocycles. The van der Waals surface area contributed by atoms with Gasteiger partial charge in [0.25, 0.3) is 5.92 Å². The van der Waals surface area contributed by atoms with E-state index in [1.807, 2.05) is 11.8 Å². The lowest BCUT2D eigenvalue weighted by Crippen LogP contribution is -2.56. The molecule has 1 atom stereocenters. The number of rotatable bonds is 5. The molecule has 3 heteroatoms. The summed E-state index contributed by atoms with van der Waals surface area (Å²) in [4.78, 5) is 1.83. The molecule has 0 amide bonds. The zero-order chi connectivity index (χ0) is 15.5. The first-order valence-electron chi connectivity index (χ1n) is 7.71. The lowest BCUT2D eigenvalue weighted by Gasteiger charge is -2.38. The highest BCUT2D eigenvalue weighted by atomic mass is 19.3. The van der Waals surface area contributed by atoms with Crippen LogP contribution in [0.5, 0.6) is 0 Å². The second kappa shape index (κ2) is 6.69. The van der Waals surface area contributed by atoms with Crippen LogP contribution >= 0.6 is 0 Å². The fraction of sp³-hybridized carbons (Fsp3) is 0.556. The van der Waals surface area contributed by atoms with Gasteiger partial charge < -0.3 is 0 Å². The summed E-state index contributed by atoms with van der Waals surface area (Å²) in [6.07, 6.45) is 11.7. The SMILES string of the molecule is C=C(C)/C1=C/C/C=C(CCCN2CC(F)(F)C2)\C=C/C1C. The van der Waals surface area contributed by atoms with Gasteiger partial charge >= 0.3 is 0 Å². The maximum atomic E-state index is 12.7. The molecule has 116 valence electrons. The minimum absolute atomic E-state index is 0.0658.